The van der Waals surface area contributed by atoms with Gasteiger partial charge in [0, 0.05) is 39.3 Å². The summed E-state index contributed by atoms with van der Waals surface area (Å²) in [5, 5.41) is 1.82. The fraction of sp³-hybridized carbons (Fsp3) is 0.500. The minimum atomic E-state index is -0.227. The fourth-order valence-electron chi connectivity index (χ4n) is 7.28. The van der Waals surface area contributed by atoms with E-state index in [1.807, 2.05) is 21.9 Å². The molecule has 2 aliphatic heterocycles. The molecule has 2 amide bonds. The monoisotopic (exact) mass is 688 g/mol. The van der Waals surface area contributed by atoms with Crippen LogP contribution >= 0.6 is 23.5 Å². The summed E-state index contributed by atoms with van der Waals surface area (Å²) in [6.07, 6.45) is 2.22. The number of hydrogen-bond donors (Lipinski definition) is 0. The van der Waals surface area contributed by atoms with Crippen LogP contribution in [0.3, 0.4) is 0 Å². The van der Waals surface area contributed by atoms with Gasteiger partial charge in [-0.05, 0) is 60.8 Å². The summed E-state index contributed by atoms with van der Waals surface area (Å²) in [5.41, 5.74) is 0.676. The first kappa shape index (κ1) is 34.2. The first-order valence-corrected chi connectivity index (χ1v) is 18.8. The molecule has 254 valence electrons. The number of para-hydroxylation sites is 2. The van der Waals surface area contributed by atoms with Crippen molar-refractivity contribution in [1.82, 2.24) is 28.9 Å². The number of rotatable bonds is 9. The van der Waals surface area contributed by atoms with Crippen molar-refractivity contribution in [1.29, 1.82) is 0 Å². The Hall–Kier alpha value is -3.64. The molecule has 0 N–H and O–H groups in total. The summed E-state index contributed by atoms with van der Waals surface area (Å²) in [7, 11) is 0. The van der Waals surface area contributed by atoms with Gasteiger partial charge in [0.05, 0.1) is 33.3 Å². The highest BCUT2D eigenvalue weighted by Crippen LogP contribution is 2.26. The van der Waals surface area contributed by atoms with E-state index in [1.54, 1.807) is 45.5 Å². The number of thioether (sulfide) groups is 2. The van der Waals surface area contributed by atoms with Crippen molar-refractivity contribution in [3.05, 3.63) is 69.2 Å². The van der Waals surface area contributed by atoms with Gasteiger partial charge in [0.15, 0.2) is 10.3 Å². The van der Waals surface area contributed by atoms with Crippen molar-refractivity contribution in [2.45, 2.75) is 63.9 Å². The maximum absolute atomic E-state index is 13.9. The smallest absolute Gasteiger partial charge is 0.262 e. The van der Waals surface area contributed by atoms with Crippen LogP contribution < -0.4 is 11.1 Å². The summed E-state index contributed by atoms with van der Waals surface area (Å²) >= 11 is 2.52. The lowest BCUT2D eigenvalue weighted by atomic mass is 9.92. The van der Waals surface area contributed by atoms with Crippen molar-refractivity contribution in [2.24, 2.45) is 23.7 Å². The van der Waals surface area contributed by atoms with Gasteiger partial charge in [-0.1, -0.05) is 75.5 Å². The quantitative estimate of drug-likeness (QED) is 0.179. The van der Waals surface area contributed by atoms with E-state index in [1.165, 1.54) is 23.5 Å². The number of aromatic nitrogens is 4. The van der Waals surface area contributed by atoms with Gasteiger partial charge in [0.1, 0.15) is 0 Å². The highest BCUT2D eigenvalue weighted by Gasteiger charge is 2.27. The molecule has 0 saturated carbocycles. The van der Waals surface area contributed by atoms with Crippen molar-refractivity contribution < 1.29 is 9.59 Å². The third-order valence-corrected chi connectivity index (χ3v) is 11.2. The molecule has 4 heterocycles. The zero-order chi connectivity index (χ0) is 33.9. The molecule has 2 aromatic carbocycles. The van der Waals surface area contributed by atoms with Gasteiger partial charge in [-0.25, -0.2) is 9.97 Å². The van der Waals surface area contributed by atoms with Crippen LogP contribution in [-0.4, -0.2) is 78.4 Å². The largest absolute Gasteiger partial charge is 0.341 e. The summed E-state index contributed by atoms with van der Waals surface area (Å²) in [5.74, 6) is 2.18. The summed E-state index contributed by atoms with van der Waals surface area (Å²) in [6.45, 7) is 11.9. The Balaban J connectivity index is 1.28. The summed E-state index contributed by atoms with van der Waals surface area (Å²) in [6, 6.07) is 14.4. The van der Waals surface area contributed by atoms with Gasteiger partial charge in [0.2, 0.25) is 11.8 Å². The Morgan fingerprint density at radius 1 is 0.625 bits per heavy atom. The van der Waals surface area contributed by atoms with E-state index in [0.717, 1.165) is 39.0 Å². The van der Waals surface area contributed by atoms with Crippen molar-refractivity contribution in [2.75, 3.05) is 37.7 Å². The van der Waals surface area contributed by atoms with Crippen LogP contribution in [0.1, 0.15) is 40.5 Å². The highest BCUT2D eigenvalue weighted by atomic mass is 32.2. The maximum Gasteiger partial charge on any atom is 0.262 e. The van der Waals surface area contributed by atoms with Crippen molar-refractivity contribution in [3.63, 3.8) is 0 Å². The number of piperidine rings is 2. The van der Waals surface area contributed by atoms with E-state index in [0.29, 0.717) is 55.8 Å². The van der Waals surface area contributed by atoms with Crippen LogP contribution in [0.4, 0.5) is 0 Å². The zero-order valence-corrected chi connectivity index (χ0v) is 29.8. The molecule has 0 spiro atoms. The van der Waals surface area contributed by atoms with E-state index in [2.05, 4.69) is 27.7 Å². The number of nitrogens with zero attached hydrogens (tertiary/aromatic N) is 6. The molecule has 0 bridgehead atoms. The Kier molecular flexibility index (Phi) is 10.6. The predicted molar refractivity (Wildman–Crippen MR) is 193 cm³/mol. The molecule has 2 aromatic heterocycles. The standard InChI is InChI=1S/C36H44N6O4S2/c1-23-15-24(2)18-39(17-23)31(43)21-47-35-37-29-11-7-5-9-27(29)33(45)41(35)13-14-42-34(46)28-10-6-8-12-30(28)38-36(42)48-22-32(44)40-19-25(3)16-26(4)20-40/h5-12,23-26H,13-22H2,1-4H3/t23-,24-,25-,26+/m1/s1. The normalized spacial score (nSPS) is 21.6. The van der Waals surface area contributed by atoms with Crippen LogP contribution in [0, 0.1) is 23.7 Å². The lowest BCUT2D eigenvalue weighted by Gasteiger charge is -2.35. The molecule has 2 saturated heterocycles. The number of carbonyl (C=O) groups excluding carboxylic acids is 2. The van der Waals surface area contributed by atoms with Gasteiger partial charge < -0.3 is 9.80 Å². The average Bonchev–Trinajstić information content (AvgIpc) is 3.05. The van der Waals surface area contributed by atoms with E-state index >= 15 is 0 Å². The van der Waals surface area contributed by atoms with Crippen LogP contribution in [-0.2, 0) is 22.7 Å². The molecule has 0 unspecified atom stereocenters. The number of hydrogen-bond acceptors (Lipinski definition) is 8. The molecule has 4 aromatic rings. The molecular weight excluding hydrogens is 645 g/mol. The molecule has 6 rings (SSSR count). The van der Waals surface area contributed by atoms with Gasteiger partial charge in [0.25, 0.3) is 11.1 Å². The van der Waals surface area contributed by atoms with E-state index in [9.17, 15) is 19.2 Å². The first-order chi connectivity index (χ1) is 23.1. The summed E-state index contributed by atoms with van der Waals surface area (Å²) in [4.78, 5) is 67.8. The molecular formula is C36H44N6O4S2. The van der Waals surface area contributed by atoms with Crippen LogP contribution in [0.5, 0.6) is 0 Å². The van der Waals surface area contributed by atoms with E-state index in [4.69, 9.17) is 9.97 Å². The molecule has 2 fully saturated rings. The molecule has 10 nitrogen and oxygen atoms in total. The third-order valence-electron chi connectivity index (χ3n) is 9.29. The SMILES string of the molecule is C[C@@H]1C[C@@H](C)CN(C(=O)CSc2nc3ccccc3c(=O)n2CCn2c(SCC(=O)N3C[C@H](C)C[C@H](C)C3)nc3ccccc3c2=O)C1. The molecule has 4 atom stereocenters. The maximum atomic E-state index is 13.9. The Bertz CT molecular complexity index is 1780. The van der Waals surface area contributed by atoms with E-state index in [-0.39, 0.29) is 47.5 Å². The third kappa shape index (κ3) is 7.64. The van der Waals surface area contributed by atoms with Crippen LogP contribution in [0.15, 0.2) is 68.4 Å². The molecule has 2 aliphatic rings. The Labute approximate surface area is 289 Å². The topological polar surface area (TPSA) is 110 Å². The fourth-order valence-corrected chi connectivity index (χ4v) is 9.13. The average molecular weight is 689 g/mol. The Morgan fingerprint density at radius 2 is 0.979 bits per heavy atom. The first-order valence-electron chi connectivity index (χ1n) is 16.9. The predicted octanol–water partition coefficient (Wildman–Crippen LogP) is 5.00. The lowest BCUT2D eigenvalue weighted by molar-refractivity contribution is -0.131. The number of fused-ring (bicyclic) bond motifs is 2. The van der Waals surface area contributed by atoms with E-state index < -0.39 is 0 Å². The van der Waals surface area contributed by atoms with Crippen LogP contribution in [0.25, 0.3) is 21.8 Å². The molecule has 48 heavy (non-hydrogen) atoms. The number of amides is 2. The minimum Gasteiger partial charge on any atom is -0.341 e. The lowest BCUT2D eigenvalue weighted by Crippen LogP contribution is -2.43. The van der Waals surface area contributed by atoms with Gasteiger partial charge in [-0.2, -0.15) is 0 Å². The van der Waals surface area contributed by atoms with Crippen molar-refractivity contribution in [3.8, 4) is 0 Å². The summed E-state index contributed by atoms with van der Waals surface area (Å²) < 4.78 is 3.14. The number of benzene rings is 2. The van der Waals surface area contributed by atoms with Gasteiger partial charge >= 0.3 is 0 Å². The second-order valence-corrected chi connectivity index (χ2v) is 15.7. The van der Waals surface area contributed by atoms with Crippen molar-refractivity contribution >= 4 is 57.1 Å². The van der Waals surface area contributed by atoms with Gasteiger partial charge in [-0.15, -0.1) is 0 Å². The molecule has 0 aliphatic carbocycles. The second-order valence-electron chi connectivity index (χ2n) is 13.8. The van der Waals surface area contributed by atoms with Crippen LogP contribution in [0.2, 0.25) is 0 Å². The Morgan fingerprint density at radius 3 is 1.35 bits per heavy atom. The number of carbonyl (C=O) groups is 2. The molecule has 0 radical (unpaired) electrons. The molecule has 12 heteroatoms. The highest BCUT2D eigenvalue weighted by molar-refractivity contribution is 8.00. The minimum absolute atomic E-state index is 0.0307. The van der Waals surface area contributed by atoms with Gasteiger partial charge in [-0.3, -0.25) is 28.3 Å². The second kappa shape index (κ2) is 14.9. The zero-order valence-electron chi connectivity index (χ0n) is 28.1. The number of likely N-dealkylation sites (tertiary alicyclic amines) is 2.